The topological polar surface area (TPSA) is 35.2 Å². The van der Waals surface area contributed by atoms with Crippen LogP contribution in [0.25, 0.3) is 0 Å². The van der Waals surface area contributed by atoms with E-state index in [1.54, 1.807) is 11.3 Å². The van der Waals surface area contributed by atoms with Gasteiger partial charge in [0.25, 0.3) is 0 Å². The first kappa shape index (κ1) is 14.1. The molecule has 0 saturated carbocycles. The normalized spacial score (nSPS) is 10.7. The maximum Gasteiger partial charge on any atom is 0.134 e. The number of hydrogen-bond donors (Lipinski definition) is 1. The van der Waals surface area contributed by atoms with Crippen LogP contribution in [-0.4, -0.2) is 0 Å². The second kappa shape index (κ2) is 6.19. The lowest BCUT2D eigenvalue weighted by Gasteiger charge is -2.08. The summed E-state index contributed by atoms with van der Waals surface area (Å²) in [6.45, 7) is 3.26. The molecule has 18 heavy (non-hydrogen) atoms. The molecule has 2 rings (SSSR count). The molecule has 0 fully saturated rings. The van der Waals surface area contributed by atoms with Crippen LogP contribution in [0.2, 0.25) is 0 Å². The van der Waals surface area contributed by atoms with E-state index < -0.39 is 0 Å². The lowest BCUT2D eigenvalue weighted by atomic mass is 10.2. The third kappa shape index (κ3) is 3.35. The summed E-state index contributed by atoms with van der Waals surface area (Å²) in [6, 6.07) is 8.00. The average molecular weight is 391 g/mol. The van der Waals surface area contributed by atoms with Crippen LogP contribution in [0, 0.1) is 6.92 Å². The van der Waals surface area contributed by atoms with Gasteiger partial charge >= 0.3 is 0 Å². The van der Waals surface area contributed by atoms with Gasteiger partial charge in [-0.25, -0.2) is 0 Å². The molecule has 1 aromatic carbocycles. The molecule has 0 radical (unpaired) electrons. The number of nitrogens with two attached hydrogens (primary N) is 1. The van der Waals surface area contributed by atoms with Crippen molar-refractivity contribution in [1.82, 2.24) is 0 Å². The highest BCUT2D eigenvalue weighted by Crippen LogP contribution is 2.30. The average Bonchev–Trinajstić information content (AvgIpc) is 2.69. The first-order valence-corrected chi connectivity index (χ1v) is 7.86. The molecule has 0 spiro atoms. The second-order valence-electron chi connectivity index (χ2n) is 3.86. The lowest BCUT2D eigenvalue weighted by Crippen LogP contribution is -1.96. The van der Waals surface area contributed by atoms with E-state index >= 15 is 0 Å². The Morgan fingerprint density at radius 1 is 1.28 bits per heavy atom. The molecule has 0 amide bonds. The molecule has 0 bridgehead atoms. The number of benzene rings is 1. The molecule has 0 atom stereocenters. The van der Waals surface area contributed by atoms with Gasteiger partial charge in [0.1, 0.15) is 12.4 Å². The Bertz CT molecular complexity index is 554. The number of rotatable bonds is 4. The van der Waals surface area contributed by atoms with Gasteiger partial charge < -0.3 is 10.5 Å². The monoisotopic (exact) mass is 389 g/mol. The largest absolute Gasteiger partial charge is 0.488 e. The van der Waals surface area contributed by atoms with Crippen LogP contribution in [0.4, 0.5) is 0 Å². The Labute approximate surface area is 127 Å². The highest BCUT2D eigenvalue weighted by molar-refractivity contribution is 9.11. The van der Waals surface area contributed by atoms with Crippen LogP contribution in [0.1, 0.15) is 15.3 Å². The zero-order chi connectivity index (χ0) is 13.1. The van der Waals surface area contributed by atoms with Gasteiger partial charge in [-0.1, -0.05) is 15.9 Å². The van der Waals surface area contributed by atoms with Gasteiger partial charge in [-0.3, -0.25) is 0 Å². The van der Waals surface area contributed by atoms with Crippen molar-refractivity contribution in [3.05, 3.63) is 48.5 Å². The molecular weight excluding hydrogens is 378 g/mol. The fourth-order valence-corrected chi connectivity index (χ4v) is 3.67. The van der Waals surface area contributed by atoms with Gasteiger partial charge in [0.15, 0.2) is 0 Å². The molecule has 2 nitrogen and oxygen atoms in total. The molecule has 96 valence electrons. The van der Waals surface area contributed by atoms with Crippen LogP contribution < -0.4 is 10.5 Å². The van der Waals surface area contributed by atoms with E-state index in [-0.39, 0.29) is 0 Å². The van der Waals surface area contributed by atoms with Crippen LogP contribution >= 0.6 is 43.2 Å². The highest BCUT2D eigenvalue weighted by Gasteiger charge is 2.07. The van der Waals surface area contributed by atoms with Crippen LogP contribution in [0.15, 0.2) is 33.2 Å². The van der Waals surface area contributed by atoms with E-state index in [1.165, 1.54) is 15.3 Å². The summed E-state index contributed by atoms with van der Waals surface area (Å²) in [5.41, 5.74) is 6.84. The highest BCUT2D eigenvalue weighted by atomic mass is 79.9. The van der Waals surface area contributed by atoms with E-state index in [2.05, 4.69) is 44.8 Å². The minimum absolute atomic E-state index is 0.572. The van der Waals surface area contributed by atoms with Crippen LogP contribution in [-0.2, 0) is 13.2 Å². The molecule has 0 saturated heterocycles. The smallest absolute Gasteiger partial charge is 0.134 e. The first-order valence-electron chi connectivity index (χ1n) is 5.46. The van der Waals surface area contributed by atoms with Crippen molar-refractivity contribution in [2.45, 2.75) is 20.1 Å². The third-order valence-corrected chi connectivity index (χ3v) is 4.78. The number of halogens is 2. The van der Waals surface area contributed by atoms with E-state index in [0.29, 0.717) is 13.2 Å². The van der Waals surface area contributed by atoms with Crippen LogP contribution in [0.3, 0.4) is 0 Å². The molecular formula is C13H13Br2NOS. The van der Waals surface area contributed by atoms with Crippen molar-refractivity contribution in [3.8, 4) is 5.75 Å². The summed E-state index contributed by atoms with van der Waals surface area (Å²) in [7, 11) is 0. The van der Waals surface area contributed by atoms with Gasteiger partial charge in [0.05, 0.1) is 4.47 Å². The van der Waals surface area contributed by atoms with Gasteiger partial charge in [-0.15, -0.1) is 11.3 Å². The Morgan fingerprint density at radius 3 is 2.67 bits per heavy atom. The summed E-state index contributed by atoms with van der Waals surface area (Å²) in [4.78, 5) is 2.46. The third-order valence-electron chi connectivity index (χ3n) is 2.55. The standard InChI is InChI=1S/C13H13Br2NOS/c1-8-9(4-11(6-16)18-8)7-17-13-3-2-10(14)5-12(13)15/h2-5H,6-7,16H2,1H3. The molecule has 1 aromatic heterocycles. The van der Waals surface area contributed by atoms with Crippen LogP contribution in [0.5, 0.6) is 5.75 Å². The fraction of sp³-hybridized carbons (Fsp3) is 0.231. The van der Waals surface area contributed by atoms with Gasteiger partial charge in [-0.2, -0.15) is 0 Å². The summed E-state index contributed by atoms with van der Waals surface area (Å²) in [6.07, 6.45) is 0. The maximum absolute atomic E-state index is 5.81. The summed E-state index contributed by atoms with van der Waals surface area (Å²) in [5.74, 6) is 0.845. The number of aryl methyl sites for hydroxylation is 1. The zero-order valence-corrected chi connectivity index (χ0v) is 13.9. The number of thiophene rings is 1. The van der Waals surface area contributed by atoms with Crippen molar-refractivity contribution in [1.29, 1.82) is 0 Å². The van der Waals surface area contributed by atoms with E-state index in [9.17, 15) is 0 Å². The number of ether oxygens (including phenoxy) is 1. The predicted molar refractivity (Wildman–Crippen MR) is 83.1 cm³/mol. The first-order chi connectivity index (χ1) is 8.60. The Kier molecular flexibility index (Phi) is 4.84. The van der Waals surface area contributed by atoms with Crippen molar-refractivity contribution < 1.29 is 4.74 Å². The molecule has 0 unspecified atom stereocenters. The predicted octanol–water partition coefficient (Wildman–Crippen LogP) is 4.62. The summed E-state index contributed by atoms with van der Waals surface area (Å²) >= 11 is 8.64. The van der Waals surface area contributed by atoms with Crippen molar-refractivity contribution in [2.24, 2.45) is 5.73 Å². The molecule has 2 N–H and O–H groups in total. The maximum atomic E-state index is 5.81. The molecule has 0 aliphatic rings. The molecule has 0 aliphatic carbocycles. The van der Waals surface area contributed by atoms with Crippen molar-refractivity contribution >= 4 is 43.2 Å². The van der Waals surface area contributed by atoms with Gasteiger partial charge in [0, 0.05) is 26.3 Å². The minimum atomic E-state index is 0.572. The fourth-order valence-electron chi connectivity index (χ4n) is 1.58. The lowest BCUT2D eigenvalue weighted by molar-refractivity contribution is 0.304. The van der Waals surface area contributed by atoms with Gasteiger partial charge in [0.2, 0.25) is 0 Å². The summed E-state index contributed by atoms with van der Waals surface area (Å²) in [5, 5.41) is 0. The Morgan fingerprint density at radius 2 is 2.06 bits per heavy atom. The SMILES string of the molecule is Cc1sc(CN)cc1COc1ccc(Br)cc1Br. The van der Waals surface area contributed by atoms with E-state index in [0.717, 1.165) is 14.7 Å². The molecule has 5 heteroatoms. The van der Waals surface area contributed by atoms with E-state index in [1.807, 2.05) is 18.2 Å². The molecule has 2 aromatic rings. The Balaban J connectivity index is 2.08. The zero-order valence-electron chi connectivity index (χ0n) is 9.87. The van der Waals surface area contributed by atoms with E-state index in [4.69, 9.17) is 10.5 Å². The summed E-state index contributed by atoms with van der Waals surface area (Å²) < 4.78 is 7.79. The molecule has 1 heterocycles. The molecule has 0 aliphatic heterocycles. The van der Waals surface area contributed by atoms with Gasteiger partial charge in [-0.05, 0) is 47.1 Å². The minimum Gasteiger partial charge on any atom is -0.488 e. The quantitative estimate of drug-likeness (QED) is 0.826. The second-order valence-corrected chi connectivity index (χ2v) is 6.97. The number of hydrogen-bond acceptors (Lipinski definition) is 3. The van der Waals surface area contributed by atoms with Crippen molar-refractivity contribution in [3.63, 3.8) is 0 Å². The Hall–Kier alpha value is -0.360. The van der Waals surface area contributed by atoms with Crippen molar-refractivity contribution in [2.75, 3.05) is 0 Å².